The lowest BCUT2D eigenvalue weighted by Crippen LogP contribution is -2.12. The molecule has 0 aromatic rings. The molecule has 0 unspecified atom stereocenters. The summed E-state index contributed by atoms with van der Waals surface area (Å²) in [5.41, 5.74) is 0. The standard InChI is InChI=1S/C10H20O.C2H6/c1-9-4-6-10(7-5-9)3-2-8-11;1-2/h9-11H,2-8H2,1H3;1-2H3. The zero-order chi connectivity index (χ0) is 10.1. The van der Waals surface area contributed by atoms with E-state index in [0.717, 1.165) is 18.3 Å². The van der Waals surface area contributed by atoms with Crippen LogP contribution in [0.5, 0.6) is 0 Å². The van der Waals surface area contributed by atoms with Crippen molar-refractivity contribution < 1.29 is 5.11 Å². The van der Waals surface area contributed by atoms with Crippen molar-refractivity contribution in [3.63, 3.8) is 0 Å². The van der Waals surface area contributed by atoms with E-state index in [1.54, 1.807) is 0 Å². The Bertz CT molecular complexity index is 90.5. The molecule has 0 aromatic heterocycles. The van der Waals surface area contributed by atoms with Gasteiger partial charge in [-0.3, -0.25) is 0 Å². The molecule has 0 atom stereocenters. The topological polar surface area (TPSA) is 20.2 Å². The number of aliphatic hydroxyl groups excluding tert-OH is 1. The number of aliphatic hydroxyl groups is 1. The van der Waals surface area contributed by atoms with Crippen LogP contribution in [0, 0.1) is 11.8 Å². The summed E-state index contributed by atoms with van der Waals surface area (Å²) in [5.74, 6) is 1.89. The minimum atomic E-state index is 0.381. The minimum Gasteiger partial charge on any atom is -0.396 e. The molecule has 1 rings (SSSR count). The Morgan fingerprint density at radius 1 is 1.08 bits per heavy atom. The van der Waals surface area contributed by atoms with Crippen molar-refractivity contribution in [1.29, 1.82) is 0 Å². The Hall–Kier alpha value is -0.0400. The van der Waals surface area contributed by atoms with Gasteiger partial charge >= 0.3 is 0 Å². The lowest BCUT2D eigenvalue weighted by atomic mass is 9.81. The average molecular weight is 186 g/mol. The van der Waals surface area contributed by atoms with E-state index in [-0.39, 0.29) is 0 Å². The van der Waals surface area contributed by atoms with Crippen LogP contribution in [0.4, 0.5) is 0 Å². The van der Waals surface area contributed by atoms with Gasteiger partial charge in [0.1, 0.15) is 0 Å². The van der Waals surface area contributed by atoms with E-state index in [9.17, 15) is 0 Å². The van der Waals surface area contributed by atoms with Crippen LogP contribution in [0.2, 0.25) is 0 Å². The van der Waals surface area contributed by atoms with Gasteiger partial charge in [-0.25, -0.2) is 0 Å². The minimum absolute atomic E-state index is 0.381. The summed E-state index contributed by atoms with van der Waals surface area (Å²) < 4.78 is 0. The molecule has 0 aromatic carbocycles. The summed E-state index contributed by atoms with van der Waals surface area (Å²) >= 11 is 0. The third-order valence-electron chi connectivity index (χ3n) is 2.91. The van der Waals surface area contributed by atoms with E-state index in [1.807, 2.05) is 13.8 Å². The lowest BCUT2D eigenvalue weighted by molar-refractivity contribution is 0.235. The van der Waals surface area contributed by atoms with Gasteiger partial charge in [-0.2, -0.15) is 0 Å². The zero-order valence-corrected chi connectivity index (χ0v) is 9.55. The maximum Gasteiger partial charge on any atom is 0.0431 e. The third-order valence-corrected chi connectivity index (χ3v) is 2.91. The summed E-state index contributed by atoms with van der Waals surface area (Å²) in [6.45, 7) is 6.73. The quantitative estimate of drug-likeness (QED) is 0.714. The number of hydrogen-bond donors (Lipinski definition) is 1. The molecule has 0 bridgehead atoms. The van der Waals surface area contributed by atoms with E-state index in [0.29, 0.717) is 6.61 Å². The van der Waals surface area contributed by atoms with Gasteiger partial charge < -0.3 is 5.11 Å². The van der Waals surface area contributed by atoms with Crippen LogP contribution in [0.15, 0.2) is 0 Å². The highest BCUT2D eigenvalue weighted by atomic mass is 16.2. The largest absolute Gasteiger partial charge is 0.396 e. The molecule has 1 N–H and O–H groups in total. The van der Waals surface area contributed by atoms with E-state index < -0.39 is 0 Å². The fraction of sp³-hybridized carbons (Fsp3) is 1.00. The van der Waals surface area contributed by atoms with Crippen LogP contribution >= 0.6 is 0 Å². The van der Waals surface area contributed by atoms with Gasteiger partial charge in [-0.05, 0) is 24.7 Å². The highest BCUT2D eigenvalue weighted by Crippen LogP contribution is 2.30. The van der Waals surface area contributed by atoms with Crippen LogP contribution < -0.4 is 0 Å². The molecule has 0 radical (unpaired) electrons. The van der Waals surface area contributed by atoms with Gasteiger partial charge in [-0.15, -0.1) is 0 Å². The Labute approximate surface area is 83.5 Å². The zero-order valence-electron chi connectivity index (χ0n) is 9.55. The molecule has 0 saturated heterocycles. The van der Waals surface area contributed by atoms with E-state index in [1.165, 1.54) is 32.1 Å². The number of rotatable bonds is 3. The fourth-order valence-corrected chi connectivity index (χ4v) is 2.00. The van der Waals surface area contributed by atoms with Gasteiger partial charge in [0, 0.05) is 6.61 Å². The molecule has 1 aliphatic carbocycles. The van der Waals surface area contributed by atoms with Gasteiger partial charge in [0.2, 0.25) is 0 Å². The second-order valence-corrected chi connectivity index (χ2v) is 3.99. The van der Waals surface area contributed by atoms with Crippen LogP contribution in [-0.4, -0.2) is 11.7 Å². The summed E-state index contributed by atoms with van der Waals surface area (Å²) in [4.78, 5) is 0. The van der Waals surface area contributed by atoms with Gasteiger partial charge in [0.15, 0.2) is 0 Å². The van der Waals surface area contributed by atoms with Crippen molar-refractivity contribution >= 4 is 0 Å². The van der Waals surface area contributed by atoms with Crippen molar-refractivity contribution in [2.75, 3.05) is 6.61 Å². The molecule has 0 amide bonds. The molecule has 13 heavy (non-hydrogen) atoms. The third kappa shape index (κ3) is 6.09. The molecular weight excluding hydrogens is 160 g/mol. The van der Waals surface area contributed by atoms with Gasteiger partial charge in [-0.1, -0.05) is 46.5 Å². The predicted octanol–water partition coefficient (Wildman–Crippen LogP) is 3.61. The smallest absolute Gasteiger partial charge is 0.0431 e. The van der Waals surface area contributed by atoms with Crippen molar-refractivity contribution in [1.82, 2.24) is 0 Å². The molecule has 0 aliphatic heterocycles. The SMILES string of the molecule is CC.CC1CCC(CCCO)CC1. The highest BCUT2D eigenvalue weighted by Gasteiger charge is 2.17. The van der Waals surface area contributed by atoms with Crippen molar-refractivity contribution in [2.45, 2.75) is 59.3 Å². The van der Waals surface area contributed by atoms with Gasteiger partial charge in [0.25, 0.3) is 0 Å². The molecule has 1 heteroatoms. The Balaban J connectivity index is 0.000000671. The molecule has 0 spiro atoms. The normalized spacial score (nSPS) is 27.7. The van der Waals surface area contributed by atoms with Crippen LogP contribution in [0.25, 0.3) is 0 Å². The summed E-state index contributed by atoms with van der Waals surface area (Å²) in [7, 11) is 0. The summed E-state index contributed by atoms with van der Waals surface area (Å²) in [6, 6.07) is 0. The second kappa shape index (κ2) is 8.55. The summed E-state index contributed by atoms with van der Waals surface area (Å²) in [5, 5.41) is 8.65. The van der Waals surface area contributed by atoms with E-state index in [2.05, 4.69) is 6.92 Å². The maximum atomic E-state index is 8.65. The molecule has 1 nitrogen and oxygen atoms in total. The number of hydrogen-bond acceptors (Lipinski definition) is 1. The molecule has 0 heterocycles. The first-order valence-electron chi connectivity index (χ1n) is 5.93. The van der Waals surface area contributed by atoms with Crippen molar-refractivity contribution in [3.05, 3.63) is 0 Å². The lowest BCUT2D eigenvalue weighted by Gasteiger charge is -2.25. The van der Waals surface area contributed by atoms with Crippen molar-refractivity contribution in [2.24, 2.45) is 11.8 Å². The molecule has 80 valence electrons. The first kappa shape index (κ1) is 13.0. The first-order chi connectivity index (χ1) is 6.33. The average Bonchev–Trinajstić information content (AvgIpc) is 2.20. The maximum absolute atomic E-state index is 8.65. The Morgan fingerprint density at radius 2 is 1.62 bits per heavy atom. The molecular formula is C12H26O. The fourth-order valence-electron chi connectivity index (χ4n) is 2.00. The van der Waals surface area contributed by atoms with E-state index in [4.69, 9.17) is 5.11 Å². The molecule has 1 fully saturated rings. The van der Waals surface area contributed by atoms with Crippen LogP contribution in [0.3, 0.4) is 0 Å². The van der Waals surface area contributed by atoms with Crippen molar-refractivity contribution in [3.8, 4) is 0 Å². The second-order valence-electron chi connectivity index (χ2n) is 3.99. The van der Waals surface area contributed by atoms with Gasteiger partial charge in [0.05, 0.1) is 0 Å². The van der Waals surface area contributed by atoms with Crippen LogP contribution in [-0.2, 0) is 0 Å². The Morgan fingerprint density at radius 3 is 2.08 bits per heavy atom. The predicted molar refractivity (Wildman–Crippen MR) is 58.8 cm³/mol. The highest BCUT2D eigenvalue weighted by molar-refractivity contribution is 4.69. The molecule has 1 aliphatic rings. The Kier molecular flexibility index (Phi) is 8.53. The first-order valence-corrected chi connectivity index (χ1v) is 5.93. The molecule has 1 saturated carbocycles. The van der Waals surface area contributed by atoms with E-state index >= 15 is 0 Å². The summed E-state index contributed by atoms with van der Waals surface area (Å²) in [6.07, 6.45) is 7.90. The monoisotopic (exact) mass is 186 g/mol. The van der Waals surface area contributed by atoms with Crippen LogP contribution in [0.1, 0.15) is 59.3 Å².